The molecule has 0 bridgehead atoms. The molecule has 0 unspecified atom stereocenters. The number of halogens is 3. The molecule has 1 aliphatic rings. The predicted octanol–water partition coefficient (Wildman–Crippen LogP) is 2.95. The third-order valence-electron chi connectivity index (χ3n) is 5.72. The van der Waals surface area contributed by atoms with Gasteiger partial charge in [0.2, 0.25) is 10.0 Å². The van der Waals surface area contributed by atoms with Crippen LogP contribution in [0.1, 0.15) is 22.5 Å². The molecule has 2 aromatic heterocycles. The first-order chi connectivity index (χ1) is 15.5. The van der Waals surface area contributed by atoms with Crippen molar-refractivity contribution in [2.75, 3.05) is 31.1 Å². The lowest BCUT2D eigenvalue weighted by Crippen LogP contribution is -2.49. The van der Waals surface area contributed by atoms with Crippen LogP contribution in [0.3, 0.4) is 0 Å². The molecule has 0 N–H and O–H groups in total. The first-order valence-corrected chi connectivity index (χ1v) is 11.9. The standard InChI is InChI=1S/C21H23F3N6O2S/c1-15-16(2)30(14-27-15)20-11-19(25-13-26-20)28-7-9-29(10-8-28)33(31,32)12-17-3-5-18(6-4-17)21(22,23)24/h3-6,11,13-14H,7-10,12H2,1-2H3. The molecule has 1 saturated heterocycles. The molecule has 176 valence electrons. The Morgan fingerprint density at radius 1 is 0.939 bits per heavy atom. The van der Waals surface area contributed by atoms with E-state index in [9.17, 15) is 21.6 Å². The van der Waals surface area contributed by atoms with Crippen molar-refractivity contribution < 1.29 is 21.6 Å². The molecule has 0 atom stereocenters. The highest BCUT2D eigenvalue weighted by atomic mass is 32.2. The smallest absolute Gasteiger partial charge is 0.354 e. The second-order valence-corrected chi connectivity index (χ2v) is 9.83. The van der Waals surface area contributed by atoms with Crippen molar-refractivity contribution >= 4 is 15.8 Å². The van der Waals surface area contributed by atoms with Gasteiger partial charge in [-0.25, -0.2) is 23.4 Å². The summed E-state index contributed by atoms with van der Waals surface area (Å²) < 4.78 is 67.0. The maximum atomic E-state index is 12.8. The Balaban J connectivity index is 1.41. The van der Waals surface area contributed by atoms with Gasteiger partial charge in [-0.3, -0.25) is 4.57 Å². The summed E-state index contributed by atoms with van der Waals surface area (Å²) in [7, 11) is -3.66. The van der Waals surface area contributed by atoms with Gasteiger partial charge in [0.1, 0.15) is 24.3 Å². The lowest BCUT2D eigenvalue weighted by molar-refractivity contribution is -0.137. The van der Waals surface area contributed by atoms with Gasteiger partial charge in [0.25, 0.3) is 0 Å². The summed E-state index contributed by atoms with van der Waals surface area (Å²) in [6.07, 6.45) is -1.29. The fourth-order valence-corrected chi connectivity index (χ4v) is 5.17. The molecule has 1 fully saturated rings. The Morgan fingerprint density at radius 2 is 1.58 bits per heavy atom. The van der Waals surface area contributed by atoms with E-state index in [0.717, 1.165) is 23.5 Å². The molecule has 3 aromatic rings. The third kappa shape index (κ3) is 5.01. The molecule has 3 heterocycles. The second-order valence-electron chi connectivity index (χ2n) is 7.86. The number of imidazole rings is 1. The zero-order chi connectivity index (χ0) is 23.8. The van der Waals surface area contributed by atoms with Crippen molar-refractivity contribution in [2.24, 2.45) is 0 Å². The Morgan fingerprint density at radius 3 is 2.15 bits per heavy atom. The summed E-state index contributed by atoms with van der Waals surface area (Å²) in [4.78, 5) is 14.9. The summed E-state index contributed by atoms with van der Waals surface area (Å²) in [5.74, 6) is 1.02. The van der Waals surface area contributed by atoms with Crippen LogP contribution >= 0.6 is 0 Å². The molecule has 0 amide bonds. The minimum atomic E-state index is -4.45. The van der Waals surface area contributed by atoms with Crippen LogP contribution in [0.5, 0.6) is 0 Å². The summed E-state index contributed by atoms with van der Waals surface area (Å²) in [6.45, 7) is 5.25. The number of hydrogen-bond donors (Lipinski definition) is 0. The molecule has 4 rings (SSSR count). The first-order valence-electron chi connectivity index (χ1n) is 10.3. The summed E-state index contributed by atoms with van der Waals surface area (Å²) in [5, 5.41) is 0. The number of anilines is 1. The maximum absolute atomic E-state index is 12.8. The quantitative estimate of drug-likeness (QED) is 0.558. The van der Waals surface area contributed by atoms with Gasteiger partial charge >= 0.3 is 6.18 Å². The number of aryl methyl sites for hydroxylation is 1. The lowest BCUT2D eigenvalue weighted by Gasteiger charge is -2.34. The molecule has 0 spiro atoms. The summed E-state index contributed by atoms with van der Waals surface area (Å²) >= 11 is 0. The zero-order valence-corrected chi connectivity index (χ0v) is 18.9. The first kappa shape index (κ1) is 23.2. The van der Waals surface area contributed by atoms with E-state index in [4.69, 9.17) is 0 Å². The molecule has 12 heteroatoms. The normalized spacial score (nSPS) is 15.7. The molecule has 0 radical (unpaired) electrons. The van der Waals surface area contributed by atoms with Crippen LogP contribution in [-0.4, -0.2) is 58.4 Å². The molecule has 0 saturated carbocycles. The van der Waals surface area contributed by atoms with Gasteiger partial charge in [-0.15, -0.1) is 0 Å². The van der Waals surface area contributed by atoms with Crippen molar-refractivity contribution in [1.82, 2.24) is 23.8 Å². The fourth-order valence-electron chi connectivity index (χ4n) is 3.66. The van der Waals surface area contributed by atoms with Crippen LogP contribution in [0.15, 0.2) is 43.0 Å². The molecule has 0 aliphatic carbocycles. The number of aromatic nitrogens is 4. The highest BCUT2D eigenvalue weighted by Crippen LogP contribution is 2.29. The lowest BCUT2D eigenvalue weighted by atomic mass is 10.1. The molecule has 1 aromatic carbocycles. The van der Waals surface area contributed by atoms with Gasteiger partial charge in [0, 0.05) is 37.9 Å². The van der Waals surface area contributed by atoms with Crippen LogP contribution in [0.2, 0.25) is 0 Å². The summed E-state index contributed by atoms with van der Waals surface area (Å²) in [6, 6.07) is 6.05. The summed E-state index contributed by atoms with van der Waals surface area (Å²) in [5.41, 5.74) is 1.39. The average Bonchev–Trinajstić information content (AvgIpc) is 3.12. The number of benzene rings is 1. The minimum Gasteiger partial charge on any atom is -0.354 e. The van der Waals surface area contributed by atoms with E-state index in [-0.39, 0.29) is 18.8 Å². The number of alkyl halides is 3. The molecule has 1 aliphatic heterocycles. The van der Waals surface area contributed by atoms with E-state index in [1.54, 1.807) is 6.33 Å². The van der Waals surface area contributed by atoms with Gasteiger partial charge in [0.05, 0.1) is 17.0 Å². The largest absolute Gasteiger partial charge is 0.416 e. The fraction of sp³-hybridized carbons (Fsp3) is 0.381. The van der Waals surface area contributed by atoms with Crippen LogP contribution in [-0.2, 0) is 22.0 Å². The van der Waals surface area contributed by atoms with Crippen molar-refractivity contribution in [2.45, 2.75) is 25.8 Å². The topological polar surface area (TPSA) is 84.2 Å². The average molecular weight is 481 g/mol. The van der Waals surface area contributed by atoms with Gasteiger partial charge < -0.3 is 4.90 Å². The highest BCUT2D eigenvalue weighted by molar-refractivity contribution is 7.88. The number of hydrogen-bond acceptors (Lipinski definition) is 6. The van der Waals surface area contributed by atoms with Crippen molar-refractivity contribution in [3.8, 4) is 5.82 Å². The number of nitrogens with zero attached hydrogens (tertiary/aromatic N) is 6. The number of piperazine rings is 1. The zero-order valence-electron chi connectivity index (χ0n) is 18.1. The van der Waals surface area contributed by atoms with E-state index in [0.29, 0.717) is 30.3 Å². The van der Waals surface area contributed by atoms with E-state index < -0.39 is 21.8 Å². The van der Waals surface area contributed by atoms with E-state index in [2.05, 4.69) is 15.0 Å². The van der Waals surface area contributed by atoms with Gasteiger partial charge in [-0.2, -0.15) is 17.5 Å². The highest BCUT2D eigenvalue weighted by Gasteiger charge is 2.31. The Kier molecular flexibility index (Phi) is 6.14. The monoisotopic (exact) mass is 480 g/mol. The van der Waals surface area contributed by atoms with E-state index in [1.165, 1.54) is 22.8 Å². The molecule has 8 nitrogen and oxygen atoms in total. The van der Waals surface area contributed by atoms with E-state index >= 15 is 0 Å². The van der Waals surface area contributed by atoms with Crippen LogP contribution < -0.4 is 4.90 Å². The third-order valence-corrected chi connectivity index (χ3v) is 7.57. The second kappa shape index (κ2) is 8.75. The molecular formula is C21H23F3N6O2S. The van der Waals surface area contributed by atoms with Gasteiger partial charge in [-0.1, -0.05) is 12.1 Å². The van der Waals surface area contributed by atoms with Crippen LogP contribution in [0.25, 0.3) is 5.82 Å². The number of rotatable bonds is 5. The Hall–Kier alpha value is -2.99. The molecule has 33 heavy (non-hydrogen) atoms. The predicted molar refractivity (Wildman–Crippen MR) is 116 cm³/mol. The Labute approximate surface area is 189 Å². The van der Waals surface area contributed by atoms with Crippen molar-refractivity contribution in [3.05, 3.63) is 65.5 Å². The number of sulfonamides is 1. The van der Waals surface area contributed by atoms with E-state index in [1.807, 2.05) is 29.4 Å². The maximum Gasteiger partial charge on any atom is 0.416 e. The van der Waals surface area contributed by atoms with Crippen LogP contribution in [0, 0.1) is 13.8 Å². The SMILES string of the molecule is Cc1ncn(-c2cc(N3CCN(S(=O)(=O)Cc4ccc(C(F)(F)F)cc4)CC3)ncn2)c1C. The minimum absolute atomic E-state index is 0.255. The van der Waals surface area contributed by atoms with Crippen LogP contribution in [0.4, 0.5) is 19.0 Å². The van der Waals surface area contributed by atoms with Gasteiger partial charge in [0.15, 0.2) is 0 Å². The van der Waals surface area contributed by atoms with Crippen molar-refractivity contribution in [3.63, 3.8) is 0 Å². The molecular weight excluding hydrogens is 457 g/mol. The van der Waals surface area contributed by atoms with Gasteiger partial charge in [-0.05, 0) is 31.5 Å². The Bertz CT molecular complexity index is 1230. The van der Waals surface area contributed by atoms with Crippen molar-refractivity contribution in [1.29, 1.82) is 0 Å².